The fourth-order valence-electron chi connectivity index (χ4n) is 2.83. The highest BCUT2D eigenvalue weighted by Crippen LogP contribution is 2.27. The monoisotopic (exact) mass is 388 g/mol. The second kappa shape index (κ2) is 7.71. The minimum atomic E-state index is -0.348. The molecule has 0 spiro atoms. The van der Waals surface area contributed by atoms with Crippen LogP contribution in [-0.2, 0) is 4.79 Å². The molecule has 0 atom stereocenters. The van der Waals surface area contributed by atoms with Gasteiger partial charge in [0.05, 0.1) is 11.4 Å². The summed E-state index contributed by atoms with van der Waals surface area (Å²) >= 11 is 6.01. The van der Waals surface area contributed by atoms with Crippen LogP contribution in [0.3, 0.4) is 0 Å². The molecule has 0 aliphatic heterocycles. The zero-order chi connectivity index (χ0) is 19.5. The highest BCUT2D eigenvalue weighted by atomic mass is 35.5. The van der Waals surface area contributed by atoms with Crippen LogP contribution >= 0.6 is 11.6 Å². The average molecular weight is 389 g/mol. The van der Waals surface area contributed by atoms with Crippen LogP contribution in [0.4, 0.5) is 0 Å². The van der Waals surface area contributed by atoms with Gasteiger partial charge in [-0.3, -0.25) is 4.79 Å². The van der Waals surface area contributed by atoms with E-state index in [-0.39, 0.29) is 17.5 Å². The highest BCUT2D eigenvalue weighted by Gasteiger charge is 2.25. The Morgan fingerprint density at radius 1 is 1.18 bits per heavy atom. The number of nitrogens with one attached hydrogen (secondary N) is 1. The Hall–Kier alpha value is -3.36. The van der Waals surface area contributed by atoms with Gasteiger partial charge >= 0.3 is 0 Å². The Kier molecular flexibility index (Phi) is 4.96. The van der Waals surface area contributed by atoms with Crippen LogP contribution in [0.2, 0.25) is 5.02 Å². The number of rotatable bonds is 5. The first-order chi connectivity index (χ1) is 13.6. The summed E-state index contributed by atoms with van der Waals surface area (Å²) in [6.45, 7) is 0. The van der Waals surface area contributed by atoms with Crippen LogP contribution in [-0.4, -0.2) is 21.7 Å². The van der Waals surface area contributed by atoms with Gasteiger partial charge in [0.25, 0.3) is 5.91 Å². The Bertz CT molecular complexity index is 1070. The van der Waals surface area contributed by atoms with Crippen LogP contribution in [0, 0.1) is 11.3 Å². The van der Waals surface area contributed by atoms with Crippen molar-refractivity contribution in [2.75, 3.05) is 0 Å². The Morgan fingerprint density at radius 2 is 1.89 bits per heavy atom. The number of nitriles is 1. The van der Waals surface area contributed by atoms with Gasteiger partial charge in [-0.2, -0.15) is 10.4 Å². The van der Waals surface area contributed by atoms with Crippen LogP contribution in [0.1, 0.15) is 18.4 Å². The maximum atomic E-state index is 12.4. The number of nitrogens with zero attached hydrogens (tertiary/aromatic N) is 3. The van der Waals surface area contributed by atoms with Crippen molar-refractivity contribution in [1.29, 1.82) is 5.26 Å². The molecule has 3 aromatic rings. The van der Waals surface area contributed by atoms with Gasteiger partial charge in [-0.1, -0.05) is 41.9 Å². The number of amides is 1. The summed E-state index contributed by atoms with van der Waals surface area (Å²) in [6.07, 6.45) is 5.34. The lowest BCUT2D eigenvalue weighted by Crippen LogP contribution is -2.26. The third-order valence-corrected chi connectivity index (χ3v) is 4.71. The van der Waals surface area contributed by atoms with Crippen LogP contribution in [0.5, 0.6) is 0 Å². The highest BCUT2D eigenvalue weighted by molar-refractivity contribution is 6.30. The number of aromatic nitrogens is 2. The molecule has 5 nitrogen and oxygen atoms in total. The van der Waals surface area contributed by atoms with Gasteiger partial charge < -0.3 is 5.32 Å². The second-order valence-electron chi connectivity index (χ2n) is 6.64. The molecule has 4 rings (SSSR count). The van der Waals surface area contributed by atoms with Crippen LogP contribution in [0.15, 0.2) is 66.4 Å². The molecule has 0 saturated heterocycles. The van der Waals surface area contributed by atoms with E-state index in [4.69, 9.17) is 11.6 Å². The van der Waals surface area contributed by atoms with Gasteiger partial charge in [-0.05, 0) is 43.2 Å². The van der Waals surface area contributed by atoms with Crippen molar-refractivity contribution < 1.29 is 4.79 Å². The first kappa shape index (κ1) is 18.0. The minimum absolute atomic E-state index is 0.0646. The zero-order valence-corrected chi connectivity index (χ0v) is 15.7. The largest absolute Gasteiger partial charge is 0.349 e. The molecule has 6 heteroatoms. The molecule has 1 amide bonds. The van der Waals surface area contributed by atoms with Gasteiger partial charge in [0.15, 0.2) is 0 Å². The van der Waals surface area contributed by atoms with E-state index in [0.29, 0.717) is 16.3 Å². The van der Waals surface area contributed by atoms with E-state index in [1.54, 1.807) is 22.9 Å². The summed E-state index contributed by atoms with van der Waals surface area (Å²) in [4.78, 5) is 12.4. The lowest BCUT2D eigenvalue weighted by atomic mass is 10.1. The molecule has 1 aliphatic carbocycles. The van der Waals surface area contributed by atoms with Crippen molar-refractivity contribution in [2.24, 2.45) is 0 Å². The fraction of sp³-hybridized carbons (Fsp3) is 0.136. The van der Waals surface area contributed by atoms with Crippen LogP contribution in [0.25, 0.3) is 23.0 Å². The van der Waals surface area contributed by atoms with Gasteiger partial charge in [0.1, 0.15) is 11.6 Å². The average Bonchev–Trinajstić information content (AvgIpc) is 3.43. The van der Waals surface area contributed by atoms with Crippen molar-refractivity contribution in [3.05, 3.63) is 77.0 Å². The Morgan fingerprint density at radius 3 is 2.54 bits per heavy atom. The second-order valence-corrected chi connectivity index (χ2v) is 7.07. The van der Waals surface area contributed by atoms with Gasteiger partial charge in [-0.25, -0.2) is 4.68 Å². The van der Waals surface area contributed by atoms with Crippen molar-refractivity contribution in [2.45, 2.75) is 18.9 Å². The number of carbonyl (C=O) groups is 1. The van der Waals surface area contributed by atoms with E-state index in [1.807, 2.05) is 54.7 Å². The molecule has 0 unspecified atom stereocenters. The molecule has 1 aliphatic rings. The van der Waals surface area contributed by atoms with Gasteiger partial charge in [0, 0.05) is 28.4 Å². The summed E-state index contributed by atoms with van der Waals surface area (Å²) in [6, 6.07) is 19.2. The van der Waals surface area contributed by atoms with E-state index in [2.05, 4.69) is 10.4 Å². The molecule has 2 aromatic carbocycles. The van der Waals surface area contributed by atoms with E-state index in [0.717, 1.165) is 24.1 Å². The molecule has 1 fully saturated rings. The Labute approximate surface area is 167 Å². The molecule has 28 heavy (non-hydrogen) atoms. The Balaban J connectivity index is 1.78. The molecule has 1 heterocycles. The molecule has 1 aromatic heterocycles. The standard InChI is InChI=1S/C22H17ClN4O/c23-18-8-6-15(7-9-18)21-17(12-16(13-24)22(28)25-19-10-11-19)14-27(26-21)20-4-2-1-3-5-20/h1-9,12,14,19H,10-11H2,(H,25,28). The molecular weight excluding hydrogens is 372 g/mol. The van der Waals surface area contributed by atoms with Gasteiger partial charge in [0.2, 0.25) is 0 Å². The quantitative estimate of drug-likeness (QED) is 0.521. The molecular formula is C22H17ClN4O. The smallest absolute Gasteiger partial charge is 0.262 e. The van der Waals surface area contributed by atoms with Crippen LogP contribution < -0.4 is 5.32 Å². The third-order valence-electron chi connectivity index (χ3n) is 4.46. The number of hydrogen-bond donors (Lipinski definition) is 1. The number of benzene rings is 2. The summed E-state index contributed by atoms with van der Waals surface area (Å²) in [5.41, 5.74) is 3.17. The molecule has 1 saturated carbocycles. The maximum absolute atomic E-state index is 12.4. The third kappa shape index (κ3) is 3.98. The zero-order valence-electron chi connectivity index (χ0n) is 15.0. The van der Waals surface area contributed by atoms with Crippen molar-refractivity contribution in [1.82, 2.24) is 15.1 Å². The van der Waals surface area contributed by atoms with Crippen molar-refractivity contribution in [3.8, 4) is 23.0 Å². The number of halogens is 1. The normalized spacial score (nSPS) is 13.8. The molecule has 0 bridgehead atoms. The number of para-hydroxylation sites is 1. The summed E-state index contributed by atoms with van der Waals surface area (Å²) in [5, 5.41) is 17.7. The SMILES string of the molecule is N#CC(=Cc1cn(-c2ccccc2)nc1-c1ccc(Cl)cc1)C(=O)NC1CC1. The maximum Gasteiger partial charge on any atom is 0.262 e. The van der Waals surface area contributed by atoms with Crippen molar-refractivity contribution in [3.63, 3.8) is 0 Å². The van der Waals surface area contributed by atoms with E-state index < -0.39 is 0 Å². The van der Waals surface area contributed by atoms with E-state index >= 15 is 0 Å². The lowest BCUT2D eigenvalue weighted by molar-refractivity contribution is -0.117. The van der Waals surface area contributed by atoms with Crippen molar-refractivity contribution >= 4 is 23.6 Å². The van der Waals surface area contributed by atoms with E-state index in [1.165, 1.54) is 0 Å². The summed E-state index contributed by atoms with van der Waals surface area (Å²) in [5.74, 6) is -0.348. The fourth-order valence-corrected chi connectivity index (χ4v) is 2.96. The molecule has 0 radical (unpaired) electrons. The topological polar surface area (TPSA) is 70.7 Å². The lowest BCUT2D eigenvalue weighted by Gasteiger charge is -2.02. The molecule has 1 N–H and O–H groups in total. The predicted octanol–water partition coefficient (Wildman–Crippen LogP) is 4.38. The number of carbonyl (C=O) groups excluding carboxylic acids is 1. The van der Waals surface area contributed by atoms with Gasteiger partial charge in [-0.15, -0.1) is 0 Å². The number of hydrogen-bond acceptors (Lipinski definition) is 3. The van der Waals surface area contributed by atoms with E-state index in [9.17, 15) is 10.1 Å². The predicted molar refractivity (Wildman–Crippen MR) is 109 cm³/mol. The molecule has 138 valence electrons. The summed E-state index contributed by atoms with van der Waals surface area (Å²) in [7, 11) is 0. The summed E-state index contributed by atoms with van der Waals surface area (Å²) < 4.78 is 1.74. The minimum Gasteiger partial charge on any atom is -0.349 e. The first-order valence-corrected chi connectivity index (χ1v) is 9.35. The first-order valence-electron chi connectivity index (χ1n) is 8.98.